The molecule has 0 aliphatic carbocycles. The number of methoxy groups -OCH3 is 1. The number of hydrogen-bond acceptors (Lipinski definition) is 7. The maximum Gasteiger partial charge on any atom is 0.274 e. The van der Waals surface area contributed by atoms with Crippen molar-refractivity contribution in [2.45, 2.75) is 0 Å². The molecule has 1 fully saturated rings. The molecule has 31 heavy (non-hydrogen) atoms. The number of imidazole rings is 1. The van der Waals surface area contributed by atoms with Crippen LogP contribution in [0.25, 0.3) is 16.9 Å². The van der Waals surface area contributed by atoms with Crippen LogP contribution in [-0.2, 0) is 0 Å². The Hall–Kier alpha value is -4.01. The first-order valence-electron chi connectivity index (χ1n) is 10.0. The molecule has 156 valence electrons. The van der Waals surface area contributed by atoms with Gasteiger partial charge in [-0.25, -0.2) is 15.0 Å². The minimum absolute atomic E-state index is 0.0852. The van der Waals surface area contributed by atoms with Crippen molar-refractivity contribution in [1.29, 1.82) is 0 Å². The Morgan fingerprint density at radius 1 is 0.968 bits per heavy atom. The molecule has 1 aliphatic rings. The van der Waals surface area contributed by atoms with E-state index < -0.39 is 0 Å². The van der Waals surface area contributed by atoms with Crippen LogP contribution in [0.2, 0.25) is 0 Å². The average Bonchev–Trinajstić information content (AvgIpc) is 3.29. The second-order valence-corrected chi connectivity index (χ2v) is 7.19. The maximum atomic E-state index is 13.1. The zero-order valence-corrected chi connectivity index (χ0v) is 17.0. The van der Waals surface area contributed by atoms with E-state index in [1.807, 2.05) is 33.6 Å². The van der Waals surface area contributed by atoms with E-state index in [0.29, 0.717) is 43.5 Å². The van der Waals surface area contributed by atoms with Crippen LogP contribution in [-0.4, -0.2) is 68.4 Å². The lowest BCUT2D eigenvalue weighted by Crippen LogP contribution is -2.49. The Morgan fingerprint density at radius 3 is 2.42 bits per heavy atom. The van der Waals surface area contributed by atoms with Crippen LogP contribution < -0.4 is 9.64 Å². The van der Waals surface area contributed by atoms with Gasteiger partial charge in [0, 0.05) is 62.7 Å². The van der Waals surface area contributed by atoms with Crippen molar-refractivity contribution < 1.29 is 9.53 Å². The first-order valence-corrected chi connectivity index (χ1v) is 10.0. The van der Waals surface area contributed by atoms with E-state index in [2.05, 4.69) is 24.8 Å². The molecular formula is C22H21N7O2. The van der Waals surface area contributed by atoms with Crippen LogP contribution in [0.5, 0.6) is 5.75 Å². The standard InChI is InChI=1S/C22H21N7O2/c1-31-17-5-3-16(4-6-17)19-20-26-18(15-29(20)10-9-23-19)21(30)27-11-13-28(14-12-27)22-24-7-2-8-25-22/h2-10,15H,11-14H2,1H3. The predicted octanol–water partition coefficient (Wildman–Crippen LogP) is 2.16. The molecule has 1 aromatic carbocycles. The Labute approximate surface area is 179 Å². The van der Waals surface area contributed by atoms with Gasteiger partial charge in [-0.15, -0.1) is 0 Å². The van der Waals surface area contributed by atoms with Crippen LogP contribution in [0.4, 0.5) is 5.95 Å². The third-order valence-corrected chi connectivity index (χ3v) is 5.36. The molecule has 5 rings (SSSR count). The van der Waals surface area contributed by atoms with Crippen molar-refractivity contribution in [1.82, 2.24) is 29.2 Å². The van der Waals surface area contributed by atoms with Gasteiger partial charge in [-0.3, -0.25) is 9.78 Å². The van der Waals surface area contributed by atoms with Gasteiger partial charge < -0.3 is 18.9 Å². The highest BCUT2D eigenvalue weighted by Crippen LogP contribution is 2.24. The van der Waals surface area contributed by atoms with Gasteiger partial charge in [0.05, 0.1) is 7.11 Å². The quantitative estimate of drug-likeness (QED) is 0.505. The number of benzene rings is 1. The molecule has 0 saturated carbocycles. The Kier molecular flexibility index (Phi) is 4.91. The largest absolute Gasteiger partial charge is 0.497 e. The van der Waals surface area contributed by atoms with E-state index >= 15 is 0 Å². The van der Waals surface area contributed by atoms with Crippen molar-refractivity contribution in [3.05, 3.63) is 67.0 Å². The molecule has 0 bridgehead atoms. The summed E-state index contributed by atoms with van der Waals surface area (Å²) in [5.41, 5.74) is 2.68. The fourth-order valence-corrected chi connectivity index (χ4v) is 3.70. The fraction of sp³-hybridized carbons (Fsp3) is 0.227. The van der Waals surface area contributed by atoms with Crippen molar-refractivity contribution in [2.24, 2.45) is 0 Å². The Bertz CT molecular complexity index is 1200. The van der Waals surface area contributed by atoms with Gasteiger partial charge in [0.2, 0.25) is 5.95 Å². The molecule has 0 radical (unpaired) electrons. The van der Waals surface area contributed by atoms with Crippen molar-refractivity contribution in [3.8, 4) is 17.0 Å². The SMILES string of the molecule is COc1ccc(-c2nccn3cc(C(=O)N4CCN(c5ncccn5)CC4)nc23)cc1. The zero-order valence-electron chi connectivity index (χ0n) is 17.0. The summed E-state index contributed by atoms with van der Waals surface area (Å²) in [4.78, 5) is 34.7. The van der Waals surface area contributed by atoms with E-state index in [1.165, 1.54) is 0 Å². The molecular weight excluding hydrogens is 394 g/mol. The minimum Gasteiger partial charge on any atom is -0.497 e. The number of fused-ring (bicyclic) bond motifs is 1. The van der Waals surface area contributed by atoms with Crippen molar-refractivity contribution in [2.75, 3.05) is 38.2 Å². The number of ether oxygens (including phenoxy) is 1. The van der Waals surface area contributed by atoms with Gasteiger partial charge in [0.1, 0.15) is 17.1 Å². The molecule has 1 amide bonds. The lowest BCUT2D eigenvalue weighted by Gasteiger charge is -2.34. The number of anilines is 1. The second-order valence-electron chi connectivity index (χ2n) is 7.19. The van der Waals surface area contributed by atoms with Crippen LogP contribution in [0.1, 0.15) is 10.5 Å². The van der Waals surface area contributed by atoms with Crippen LogP contribution in [0, 0.1) is 0 Å². The maximum absolute atomic E-state index is 13.1. The van der Waals surface area contributed by atoms with Crippen LogP contribution in [0.3, 0.4) is 0 Å². The van der Waals surface area contributed by atoms with Gasteiger partial charge in [-0.05, 0) is 30.3 Å². The number of amides is 1. The van der Waals surface area contributed by atoms with Crippen LogP contribution >= 0.6 is 0 Å². The Balaban J connectivity index is 1.36. The van der Waals surface area contributed by atoms with E-state index in [1.54, 1.807) is 44.2 Å². The molecule has 0 N–H and O–H groups in total. The van der Waals surface area contributed by atoms with Crippen LogP contribution in [0.15, 0.2) is 61.3 Å². The highest BCUT2D eigenvalue weighted by molar-refractivity contribution is 5.93. The smallest absolute Gasteiger partial charge is 0.274 e. The van der Waals surface area contributed by atoms with E-state index in [-0.39, 0.29) is 5.91 Å². The summed E-state index contributed by atoms with van der Waals surface area (Å²) in [5, 5.41) is 0. The highest BCUT2D eigenvalue weighted by Gasteiger charge is 2.25. The molecule has 0 atom stereocenters. The lowest BCUT2D eigenvalue weighted by molar-refractivity contribution is 0.0741. The first-order chi connectivity index (χ1) is 15.2. The third-order valence-electron chi connectivity index (χ3n) is 5.36. The first kappa shape index (κ1) is 19.0. The molecule has 9 heteroatoms. The summed E-state index contributed by atoms with van der Waals surface area (Å²) < 4.78 is 7.07. The van der Waals surface area contributed by atoms with Crippen molar-refractivity contribution >= 4 is 17.5 Å². The minimum atomic E-state index is -0.0852. The highest BCUT2D eigenvalue weighted by atomic mass is 16.5. The number of aromatic nitrogens is 5. The zero-order chi connectivity index (χ0) is 21.2. The molecule has 1 saturated heterocycles. The number of carbonyl (C=O) groups is 1. The number of nitrogens with zero attached hydrogens (tertiary/aromatic N) is 7. The Morgan fingerprint density at radius 2 is 1.71 bits per heavy atom. The molecule has 0 spiro atoms. The van der Waals surface area contributed by atoms with Gasteiger partial charge in [-0.1, -0.05) is 0 Å². The number of rotatable bonds is 4. The molecule has 0 unspecified atom stereocenters. The molecule has 3 aromatic heterocycles. The van der Waals surface area contributed by atoms with Crippen molar-refractivity contribution in [3.63, 3.8) is 0 Å². The van der Waals surface area contributed by atoms with Gasteiger partial charge >= 0.3 is 0 Å². The van der Waals surface area contributed by atoms with E-state index in [0.717, 1.165) is 17.0 Å². The summed E-state index contributed by atoms with van der Waals surface area (Å²) in [5.74, 6) is 1.38. The fourth-order valence-electron chi connectivity index (χ4n) is 3.70. The summed E-state index contributed by atoms with van der Waals surface area (Å²) in [7, 11) is 1.63. The number of hydrogen-bond donors (Lipinski definition) is 0. The van der Waals surface area contributed by atoms with E-state index in [9.17, 15) is 4.79 Å². The van der Waals surface area contributed by atoms with Gasteiger partial charge in [-0.2, -0.15) is 0 Å². The average molecular weight is 415 g/mol. The number of piperazine rings is 1. The molecule has 9 nitrogen and oxygen atoms in total. The van der Waals surface area contributed by atoms with Gasteiger partial charge in [0.25, 0.3) is 5.91 Å². The molecule has 4 aromatic rings. The number of carbonyl (C=O) groups excluding carboxylic acids is 1. The summed E-state index contributed by atoms with van der Waals surface area (Å²) in [6.07, 6.45) is 8.73. The second kappa shape index (κ2) is 8.02. The lowest BCUT2D eigenvalue weighted by atomic mass is 10.1. The monoisotopic (exact) mass is 415 g/mol. The summed E-state index contributed by atoms with van der Waals surface area (Å²) >= 11 is 0. The normalized spacial score (nSPS) is 14.1. The summed E-state index contributed by atoms with van der Waals surface area (Å²) in [6.45, 7) is 2.55. The predicted molar refractivity (Wildman–Crippen MR) is 115 cm³/mol. The van der Waals surface area contributed by atoms with Gasteiger partial charge in [0.15, 0.2) is 5.65 Å². The van der Waals surface area contributed by atoms with E-state index in [4.69, 9.17) is 4.74 Å². The molecule has 1 aliphatic heterocycles. The summed E-state index contributed by atoms with van der Waals surface area (Å²) in [6, 6.07) is 9.42. The third kappa shape index (κ3) is 3.65. The topological polar surface area (TPSA) is 88.8 Å². The molecule has 4 heterocycles.